The zero-order chi connectivity index (χ0) is 15.1. The second kappa shape index (κ2) is 7.68. The maximum atomic E-state index is 11.6. The lowest BCUT2D eigenvalue weighted by Crippen LogP contribution is -2.26. The molecule has 0 aliphatic heterocycles. The average Bonchev–Trinajstić information content (AvgIpc) is 2.48. The molecule has 4 nitrogen and oxygen atoms in total. The number of nitriles is 1. The maximum Gasteiger partial charge on any atom is 0.224 e. The van der Waals surface area contributed by atoms with E-state index in [0.29, 0.717) is 12.5 Å². The van der Waals surface area contributed by atoms with Crippen LogP contribution in [0, 0.1) is 17.2 Å². The van der Waals surface area contributed by atoms with Crippen molar-refractivity contribution in [2.24, 2.45) is 5.92 Å². The summed E-state index contributed by atoms with van der Waals surface area (Å²) < 4.78 is 0. The molecule has 0 radical (unpaired) electrons. The summed E-state index contributed by atoms with van der Waals surface area (Å²) in [6.45, 7) is 1.99. The molecule has 2 N–H and O–H groups in total. The third-order valence-electron chi connectivity index (χ3n) is 3.85. The first-order valence-corrected chi connectivity index (χ1v) is 7.77. The molecule has 1 fully saturated rings. The maximum absolute atomic E-state index is 11.6. The van der Waals surface area contributed by atoms with Gasteiger partial charge in [-0.3, -0.25) is 4.79 Å². The van der Waals surface area contributed by atoms with Crippen molar-refractivity contribution in [3.63, 3.8) is 0 Å². The fraction of sp³-hybridized carbons (Fsp3) is 0.529. The first kappa shape index (κ1) is 15.4. The number of nitrogens with one attached hydrogen (secondary N) is 2. The van der Waals surface area contributed by atoms with Crippen LogP contribution in [0.15, 0.2) is 24.3 Å². The van der Waals surface area contributed by atoms with E-state index < -0.39 is 0 Å². The van der Waals surface area contributed by atoms with Crippen molar-refractivity contribution < 1.29 is 4.79 Å². The van der Waals surface area contributed by atoms with Crippen molar-refractivity contribution in [3.8, 4) is 6.07 Å². The highest BCUT2D eigenvalue weighted by molar-refractivity contribution is 5.91. The van der Waals surface area contributed by atoms with E-state index in [2.05, 4.69) is 16.7 Å². The lowest BCUT2D eigenvalue weighted by Gasteiger charge is -2.27. The Kier molecular flexibility index (Phi) is 5.62. The van der Waals surface area contributed by atoms with Crippen LogP contribution >= 0.6 is 0 Å². The van der Waals surface area contributed by atoms with Crippen molar-refractivity contribution in [2.45, 2.75) is 51.5 Å². The highest BCUT2D eigenvalue weighted by atomic mass is 16.1. The van der Waals surface area contributed by atoms with Crippen LogP contribution in [0.2, 0.25) is 0 Å². The van der Waals surface area contributed by atoms with Gasteiger partial charge in [-0.15, -0.1) is 0 Å². The molecule has 4 heteroatoms. The summed E-state index contributed by atoms with van der Waals surface area (Å²) in [6, 6.07) is 10.5. The number of carbonyl (C=O) groups excluding carboxylic acids is 1. The van der Waals surface area contributed by atoms with Gasteiger partial charge >= 0.3 is 0 Å². The van der Waals surface area contributed by atoms with Gasteiger partial charge in [0.15, 0.2) is 0 Å². The highest BCUT2D eigenvalue weighted by Crippen LogP contribution is 2.27. The van der Waals surface area contributed by atoms with E-state index in [1.807, 2.05) is 31.2 Å². The Morgan fingerprint density at radius 2 is 2.19 bits per heavy atom. The van der Waals surface area contributed by atoms with Crippen LogP contribution in [0.3, 0.4) is 0 Å². The number of hydrogen-bond donors (Lipinski definition) is 2. The van der Waals surface area contributed by atoms with Crippen LogP contribution in [-0.2, 0) is 4.79 Å². The van der Waals surface area contributed by atoms with Crippen molar-refractivity contribution in [2.75, 3.05) is 10.6 Å². The fourth-order valence-electron chi connectivity index (χ4n) is 2.81. The molecule has 2 atom stereocenters. The molecule has 0 spiro atoms. The molecule has 1 amide bonds. The second-order valence-electron chi connectivity index (χ2n) is 5.71. The summed E-state index contributed by atoms with van der Waals surface area (Å²) in [5.41, 5.74) is 1.83. The Balaban J connectivity index is 1.94. The molecule has 1 aromatic carbocycles. The third kappa shape index (κ3) is 4.78. The number of amides is 1. The van der Waals surface area contributed by atoms with Gasteiger partial charge in [0.1, 0.15) is 0 Å². The molecule has 0 heterocycles. The molecular weight excluding hydrogens is 262 g/mol. The Labute approximate surface area is 126 Å². The monoisotopic (exact) mass is 285 g/mol. The molecule has 0 aromatic heterocycles. The molecule has 1 aliphatic rings. The zero-order valence-corrected chi connectivity index (χ0v) is 12.6. The predicted octanol–water partition coefficient (Wildman–Crippen LogP) is 3.92. The summed E-state index contributed by atoms with van der Waals surface area (Å²) in [6.07, 6.45) is 5.52. The third-order valence-corrected chi connectivity index (χ3v) is 3.85. The molecule has 0 unspecified atom stereocenters. The van der Waals surface area contributed by atoms with Crippen LogP contribution in [0.4, 0.5) is 11.4 Å². The first-order valence-electron chi connectivity index (χ1n) is 7.77. The van der Waals surface area contributed by atoms with Gasteiger partial charge < -0.3 is 10.6 Å². The van der Waals surface area contributed by atoms with E-state index >= 15 is 0 Å². The Morgan fingerprint density at radius 3 is 2.95 bits per heavy atom. The zero-order valence-electron chi connectivity index (χ0n) is 12.6. The van der Waals surface area contributed by atoms with Crippen LogP contribution in [0.5, 0.6) is 0 Å². The minimum Gasteiger partial charge on any atom is -0.382 e. The van der Waals surface area contributed by atoms with Crippen LogP contribution in [0.25, 0.3) is 0 Å². The average molecular weight is 285 g/mol. The topological polar surface area (TPSA) is 64.9 Å². The Morgan fingerprint density at radius 1 is 1.38 bits per heavy atom. The minimum atomic E-state index is 0.0526. The molecule has 1 aromatic rings. The summed E-state index contributed by atoms with van der Waals surface area (Å²) in [5, 5.41) is 15.4. The predicted molar refractivity (Wildman–Crippen MR) is 85.0 cm³/mol. The van der Waals surface area contributed by atoms with E-state index in [1.165, 1.54) is 0 Å². The van der Waals surface area contributed by atoms with Gasteiger partial charge in [0, 0.05) is 29.8 Å². The number of carbonyl (C=O) groups is 1. The van der Waals surface area contributed by atoms with Crippen LogP contribution < -0.4 is 10.6 Å². The fourth-order valence-corrected chi connectivity index (χ4v) is 2.81. The van der Waals surface area contributed by atoms with Gasteiger partial charge in [-0.05, 0) is 43.9 Å². The van der Waals surface area contributed by atoms with Gasteiger partial charge in [0.05, 0.1) is 6.07 Å². The molecule has 21 heavy (non-hydrogen) atoms. The smallest absolute Gasteiger partial charge is 0.224 e. The SMILES string of the molecule is CCCC(=O)Nc1cccc(N[C@@H]2CCC[C@@H](C#N)C2)c1. The molecule has 0 bridgehead atoms. The van der Waals surface area contributed by atoms with Gasteiger partial charge in [0.2, 0.25) is 5.91 Å². The lowest BCUT2D eigenvalue weighted by atomic mass is 9.86. The van der Waals surface area contributed by atoms with E-state index in [0.717, 1.165) is 43.5 Å². The standard InChI is InChI=1S/C17H23N3O/c1-2-5-17(21)20-16-9-4-8-15(11-16)19-14-7-3-6-13(10-14)12-18/h4,8-9,11,13-14,19H,2-3,5-7,10H2,1H3,(H,20,21)/t13-,14-/m1/s1. The Bertz CT molecular complexity index is 521. The normalized spacial score (nSPS) is 21.3. The summed E-state index contributed by atoms with van der Waals surface area (Å²) in [4.78, 5) is 11.6. The molecule has 1 saturated carbocycles. The number of hydrogen-bond acceptors (Lipinski definition) is 3. The second-order valence-corrected chi connectivity index (χ2v) is 5.71. The number of anilines is 2. The Hall–Kier alpha value is -2.02. The minimum absolute atomic E-state index is 0.0526. The van der Waals surface area contributed by atoms with E-state index in [9.17, 15) is 4.79 Å². The number of benzene rings is 1. The first-order chi connectivity index (χ1) is 10.2. The van der Waals surface area contributed by atoms with Crippen molar-refractivity contribution in [1.29, 1.82) is 5.26 Å². The number of nitrogens with zero attached hydrogens (tertiary/aromatic N) is 1. The van der Waals surface area contributed by atoms with Crippen molar-refractivity contribution in [1.82, 2.24) is 0 Å². The quantitative estimate of drug-likeness (QED) is 0.861. The largest absolute Gasteiger partial charge is 0.382 e. The van der Waals surface area contributed by atoms with Crippen molar-refractivity contribution >= 4 is 17.3 Å². The lowest BCUT2D eigenvalue weighted by molar-refractivity contribution is -0.116. The van der Waals surface area contributed by atoms with Crippen LogP contribution in [-0.4, -0.2) is 11.9 Å². The highest BCUT2D eigenvalue weighted by Gasteiger charge is 2.21. The van der Waals surface area contributed by atoms with Gasteiger partial charge in [0.25, 0.3) is 0 Å². The van der Waals surface area contributed by atoms with E-state index in [-0.39, 0.29) is 11.8 Å². The molecule has 1 aliphatic carbocycles. The summed E-state index contributed by atoms with van der Waals surface area (Å²) in [7, 11) is 0. The van der Waals surface area contributed by atoms with Crippen LogP contribution in [0.1, 0.15) is 45.4 Å². The van der Waals surface area contributed by atoms with E-state index in [1.54, 1.807) is 0 Å². The summed E-state index contributed by atoms with van der Waals surface area (Å²) in [5.74, 6) is 0.223. The molecule has 2 rings (SSSR count). The molecule has 112 valence electrons. The van der Waals surface area contributed by atoms with Crippen molar-refractivity contribution in [3.05, 3.63) is 24.3 Å². The molecule has 0 saturated heterocycles. The van der Waals surface area contributed by atoms with Gasteiger partial charge in [-0.25, -0.2) is 0 Å². The van der Waals surface area contributed by atoms with E-state index in [4.69, 9.17) is 5.26 Å². The van der Waals surface area contributed by atoms with Gasteiger partial charge in [-0.1, -0.05) is 19.4 Å². The number of rotatable bonds is 5. The molecular formula is C17H23N3O. The van der Waals surface area contributed by atoms with Gasteiger partial charge in [-0.2, -0.15) is 5.26 Å². The summed E-state index contributed by atoms with van der Waals surface area (Å²) >= 11 is 0.